The van der Waals surface area contributed by atoms with E-state index in [2.05, 4.69) is 0 Å². The lowest BCUT2D eigenvalue weighted by molar-refractivity contribution is -0.0811. The first-order valence-corrected chi connectivity index (χ1v) is 6.23. The molecule has 0 saturated carbocycles. The van der Waals surface area contributed by atoms with E-state index in [1.807, 2.05) is 0 Å². The van der Waals surface area contributed by atoms with Gasteiger partial charge in [0.15, 0.2) is 6.23 Å². The molecule has 20 heavy (non-hydrogen) atoms. The monoisotopic (exact) mass is 291 g/mol. The molecule has 5 N–H and O–H groups in total. The van der Waals surface area contributed by atoms with Gasteiger partial charge in [0.1, 0.15) is 30.8 Å². The average Bonchev–Trinajstić information content (AvgIpc) is 2.71. The summed E-state index contributed by atoms with van der Waals surface area (Å²) in [6.07, 6.45) is -3.24. The van der Waals surface area contributed by atoms with Crippen LogP contribution < -0.4 is 5.73 Å². The van der Waals surface area contributed by atoms with Crippen LogP contribution in [0.2, 0.25) is 0 Å². The molecule has 9 heteroatoms. The van der Waals surface area contributed by atoms with Gasteiger partial charge in [-0.05, 0) is 6.08 Å². The van der Waals surface area contributed by atoms with E-state index in [1.54, 1.807) is 0 Å². The predicted molar refractivity (Wildman–Crippen MR) is 64.8 cm³/mol. The standard InChI is InChI=1S/C11H18FN3O5/c12-2-4-14-7(13)1-3-15(11(14)19)10-9(18)8(17)6(5-16)20-10/h1,6,8-10,16-18H,2-5,13H2. The molecule has 0 radical (unpaired) electrons. The van der Waals surface area contributed by atoms with Crippen molar-refractivity contribution in [1.29, 1.82) is 0 Å². The van der Waals surface area contributed by atoms with Crippen LogP contribution in [-0.4, -0.2) is 82.1 Å². The Kier molecular flexibility index (Phi) is 4.43. The number of ether oxygens (including phenoxy) is 1. The van der Waals surface area contributed by atoms with Crippen LogP contribution in [0.15, 0.2) is 11.9 Å². The molecule has 0 bridgehead atoms. The quantitative estimate of drug-likeness (QED) is 0.472. The van der Waals surface area contributed by atoms with Crippen molar-refractivity contribution < 1.29 is 29.2 Å². The number of rotatable bonds is 4. The Morgan fingerprint density at radius 3 is 2.70 bits per heavy atom. The molecule has 0 spiro atoms. The fourth-order valence-corrected chi connectivity index (χ4v) is 2.31. The molecule has 2 amide bonds. The highest BCUT2D eigenvalue weighted by Gasteiger charge is 2.47. The van der Waals surface area contributed by atoms with Crippen molar-refractivity contribution in [3.8, 4) is 0 Å². The lowest BCUT2D eigenvalue weighted by Crippen LogP contribution is -2.55. The van der Waals surface area contributed by atoms with E-state index < -0.39 is 43.9 Å². The zero-order valence-corrected chi connectivity index (χ0v) is 10.7. The lowest BCUT2D eigenvalue weighted by Gasteiger charge is -2.37. The van der Waals surface area contributed by atoms with Gasteiger partial charge in [-0.3, -0.25) is 9.80 Å². The largest absolute Gasteiger partial charge is 0.394 e. The zero-order chi connectivity index (χ0) is 14.9. The molecular formula is C11H18FN3O5. The first-order chi connectivity index (χ1) is 9.51. The molecule has 0 aromatic rings. The summed E-state index contributed by atoms with van der Waals surface area (Å²) in [5.74, 6) is 0.135. The number of hydrogen-bond acceptors (Lipinski definition) is 6. The van der Waals surface area contributed by atoms with Crippen LogP contribution in [0, 0.1) is 0 Å². The molecule has 4 atom stereocenters. The summed E-state index contributed by atoms with van der Waals surface area (Å²) in [5, 5.41) is 28.6. The molecule has 0 aromatic carbocycles. The van der Waals surface area contributed by atoms with Crippen LogP contribution >= 0.6 is 0 Å². The molecule has 114 valence electrons. The van der Waals surface area contributed by atoms with E-state index in [-0.39, 0.29) is 18.9 Å². The first-order valence-electron chi connectivity index (χ1n) is 6.23. The molecule has 2 rings (SSSR count). The minimum Gasteiger partial charge on any atom is -0.394 e. The first kappa shape index (κ1) is 15.0. The number of carbonyl (C=O) groups excluding carboxylic acids is 1. The second kappa shape index (κ2) is 5.92. The van der Waals surface area contributed by atoms with Crippen molar-refractivity contribution in [3.05, 3.63) is 11.9 Å². The van der Waals surface area contributed by atoms with Crippen LogP contribution in [0.3, 0.4) is 0 Å². The van der Waals surface area contributed by atoms with Gasteiger partial charge in [-0.15, -0.1) is 0 Å². The summed E-state index contributed by atoms with van der Waals surface area (Å²) in [6, 6.07) is -0.613. The van der Waals surface area contributed by atoms with Crippen molar-refractivity contribution >= 4 is 6.03 Å². The highest BCUT2D eigenvalue weighted by Crippen LogP contribution is 2.26. The highest BCUT2D eigenvalue weighted by molar-refractivity contribution is 5.78. The third kappa shape index (κ3) is 2.44. The minimum atomic E-state index is -1.35. The van der Waals surface area contributed by atoms with Crippen molar-refractivity contribution in [2.45, 2.75) is 24.5 Å². The maximum Gasteiger partial charge on any atom is 0.328 e. The Bertz CT molecular complexity index is 408. The molecule has 2 aliphatic heterocycles. The molecule has 0 aromatic heterocycles. The summed E-state index contributed by atoms with van der Waals surface area (Å²) in [6.45, 7) is -1.38. The lowest BCUT2D eigenvalue weighted by atomic mass is 10.1. The van der Waals surface area contributed by atoms with E-state index in [9.17, 15) is 19.4 Å². The Labute approximate surface area is 114 Å². The second-order valence-corrected chi connectivity index (χ2v) is 4.63. The Morgan fingerprint density at radius 1 is 1.45 bits per heavy atom. The summed E-state index contributed by atoms with van der Waals surface area (Å²) in [7, 11) is 0. The molecule has 1 fully saturated rings. The van der Waals surface area contributed by atoms with Gasteiger partial charge < -0.3 is 25.8 Å². The van der Waals surface area contributed by atoms with Crippen molar-refractivity contribution in [2.75, 3.05) is 26.4 Å². The molecular weight excluding hydrogens is 273 g/mol. The molecule has 4 unspecified atom stereocenters. The number of hydrogen-bond donors (Lipinski definition) is 4. The van der Waals surface area contributed by atoms with Crippen LogP contribution in [0.1, 0.15) is 0 Å². The number of carbonyl (C=O) groups is 1. The smallest absolute Gasteiger partial charge is 0.328 e. The fraction of sp³-hybridized carbons (Fsp3) is 0.727. The Balaban J connectivity index is 2.15. The molecule has 1 saturated heterocycles. The molecule has 8 nitrogen and oxygen atoms in total. The van der Waals surface area contributed by atoms with E-state index >= 15 is 0 Å². The zero-order valence-electron chi connectivity index (χ0n) is 10.7. The van der Waals surface area contributed by atoms with Gasteiger partial charge in [0.25, 0.3) is 0 Å². The van der Waals surface area contributed by atoms with E-state index in [1.165, 1.54) is 6.08 Å². The maximum atomic E-state index is 12.4. The molecule has 2 aliphatic rings. The third-order valence-corrected chi connectivity index (χ3v) is 3.42. The minimum absolute atomic E-state index is 0.0695. The number of alkyl halides is 1. The Hall–Kier alpha value is -1.42. The maximum absolute atomic E-state index is 12.4. The summed E-state index contributed by atoms with van der Waals surface area (Å²) >= 11 is 0. The summed E-state index contributed by atoms with van der Waals surface area (Å²) < 4.78 is 17.7. The highest BCUT2D eigenvalue weighted by atomic mass is 19.1. The number of aliphatic hydroxyl groups is 3. The topological polar surface area (TPSA) is 119 Å². The number of amides is 2. The normalized spacial score (nSPS) is 34.6. The number of nitrogens with two attached hydrogens (primary N) is 1. The second-order valence-electron chi connectivity index (χ2n) is 4.63. The van der Waals surface area contributed by atoms with Crippen LogP contribution in [0.5, 0.6) is 0 Å². The molecule has 2 heterocycles. The van der Waals surface area contributed by atoms with Crippen molar-refractivity contribution in [1.82, 2.24) is 9.80 Å². The number of halogens is 1. The van der Waals surface area contributed by atoms with Gasteiger partial charge in [0, 0.05) is 6.54 Å². The summed E-state index contributed by atoms with van der Waals surface area (Å²) in [5.41, 5.74) is 5.61. The number of aliphatic hydroxyl groups excluding tert-OH is 3. The van der Waals surface area contributed by atoms with Gasteiger partial charge >= 0.3 is 6.03 Å². The van der Waals surface area contributed by atoms with Gasteiger partial charge in [-0.1, -0.05) is 0 Å². The third-order valence-electron chi connectivity index (χ3n) is 3.42. The Morgan fingerprint density at radius 2 is 2.15 bits per heavy atom. The fourth-order valence-electron chi connectivity index (χ4n) is 2.31. The number of urea groups is 1. The van der Waals surface area contributed by atoms with E-state index in [0.717, 1.165) is 9.80 Å². The van der Waals surface area contributed by atoms with E-state index in [0.29, 0.717) is 0 Å². The van der Waals surface area contributed by atoms with Crippen LogP contribution in [0.25, 0.3) is 0 Å². The van der Waals surface area contributed by atoms with Gasteiger partial charge in [-0.2, -0.15) is 0 Å². The molecule has 0 aliphatic carbocycles. The van der Waals surface area contributed by atoms with Gasteiger partial charge in [-0.25, -0.2) is 9.18 Å². The predicted octanol–water partition coefficient (Wildman–Crippen LogP) is -2.07. The number of nitrogens with zero attached hydrogens (tertiary/aromatic N) is 2. The van der Waals surface area contributed by atoms with Crippen molar-refractivity contribution in [3.63, 3.8) is 0 Å². The average molecular weight is 291 g/mol. The van der Waals surface area contributed by atoms with Gasteiger partial charge in [0.05, 0.1) is 13.2 Å². The van der Waals surface area contributed by atoms with E-state index in [4.69, 9.17) is 15.6 Å². The SMILES string of the molecule is NC1=CCN(C2OC(CO)C(O)C2O)C(=O)N1CCF. The van der Waals surface area contributed by atoms with Crippen LogP contribution in [0.4, 0.5) is 9.18 Å². The van der Waals surface area contributed by atoms with Gasteiger partial charge in [0.2, 0.25) is 0 Å². The summed E-state index contributed by atoms with van der Waals surface area (Å²) in [4.78, 5) is 14.3. The van der Waals surface area contributed by atoms with Crippen LogP contribution in [-0.2, 0) is 4.74 Å². The van der Waals surface area contributed by atoms with Crippen molar-refractivity contribution in [2.24, 2.45) is 5.73 Å².